The number of halogens is 3. The van der Waals surface area contributed by atoms with Crippen LogP contribution in [0.1, 0.15) is 11.3 Å². The summed E-state index contributed by atoms with van der Waals surface area (Å²) in [5, 5.41) is 0. The summed E-state index contributed by atoms with van der Waals surface area (Å²) in [5.41, 5.74) is 1.02. The first-order chi connectivity index (χ1) is 6.51. The van der Waals surface area contributed by atoms with Crippen LogP contribution in [0.5, 0.6) is 0 Å². The number of hydrogen-bond donors (Lipinski definition) is 0. The van der Waals surface area contributed by atoms with E-state index < -0.39 is 6.98 Å². The third kappa shape index (κ3) is 3.47. The van der Waals surface area contributed by atoms with Crippen LogP contribution in [0.4, 0.5) is 12.9 Å². The topological polar surface area (TPSA) is 12.9 Å². The van der Waals surface area contributed by atoms with Crippen LogP contribution in [0, 0.1) is 0 Å². The van der Waals surface area contributed by atoms with Crippen LogP contribution in [0.25, 0.3) is 12.2 Å². The molecule has 0 aliphatic carbocycles. The lowest BCUT2D eigenvalue weighted by Crippen LogP contribution is -2.09. The highest BCUT2D eigenvalue weighted by atomic mass is 19.4. The average molecular weight is 198 g/mol. The molecule has 0 saturated heterocycles. The lowest BCUT2D eigenvalue weighted by Gasteiger charge is -2.05. The summed E-state index contributed by atoms with van der Waals surface area (Å²) in [7, 11) is 0. The summed E-state index contributed by atoms with van der Waals surface area (Å²) < 4.78 is 35.6. The number of aromatic nitrogens is 1. The van der Waals surface area contributed by atoms with Gasteiger partial charge in [-0.15, -0.1) is 5.98 Å². The molecule has 0 radical (unpaired) electrons. The molecular weight excluding hydrogens is 190 g/mol. The minimum absolute atomic E-state index is 0.217. The fourth-order valence-electron chi connectivity index (χ4n) is 0.891. The van der Waals surface area contributed by atoms with Gasteiger partial charge in [-0.25, -0.2) is 0 Å². The fraction of sp³-hybridized carbons (Fsp3) is 0. The maximum Gasteiger partial charge on any atom is 0.502 e. The molecule has 14 heavy (non-hydrogen) atoms. The van der Waals surface area contributed by atoms with Gasteiger partial charge in [0.25, 0.3) is 0 Å². The molecule has 0 amide bonds. The van der Waals surface area contributed by atoms with Gasteiger partial charge in [-0.1, -0.05) is 18.7 Å². The molecule has 5 heteroatoms. The van der Waals surface area contributed by atoms with Crippen LogP contribution in [0.2, 0.25) is 0 Å². The Hall–Kier alpha value is -1.52. The van der Waals surface area contributed by atoms with Gasteiger partial charge in [-0.05, 0) is 17.7 Å². The maximum atomic E-state index is 11.9. The normalized spacial score (nSPS) is 11.9. The molecule has 1 aromatic heterocycles. The summed E-state index contributed by atoms with van der Waals surface area (Å²) >= 11 is 0. The Morgan fingerprint density at radius 1 is 1.36 bits per heavy atom. The molecule has 0 atom stereocenters. The first-order valence-electron chi connectivity index (χ1n) is 3.99. The van der Waals surface area contributed by atoms with Gasteiger partial charge in [0.2, 0.25) is 0 Å². The molecule has 0 aliphatic heterocycles. The van der Waals surface area contributed by atoms with Crippen molar-refractivity contribution in [3.63, 3.8) is 0 Å². The van der Waals surface area contributed by atoms with Crippen LogP contribution in [0.15, 0.2) is 30.9 Å². The van der Waals surface area contributed by atoms with Gasteiger partial charge in [-0.2, -0.15) is 0 Å². The van der Waals surface area contributed by atoms with Crippen molar-refractivity contribution >= 4 is 19.1 Å². The predicted octanol–water partition coefficient (Wildman–Crippen LogP) is 3.12. The Labute approximate surface area is 80.0 Å². The van der Waals surface area contributed by atoms with E-state index in [0.29, 0.717) is 0 Å². The van der Waals surface area contributed by atoms with Crippen molar-refractivity contribution in [3.05, 3.63) is 42.1 Å². The number of rotatable bonds is 3. The Morgan fingerprint density at radius 2 is 2.07 bits per heavy atom. The second kappa shape index (κ2) is 4.13. The number of hydrogen-bond acceptors (Lipinski definition) is 1. The summed E-state index contributed by atoms with van der Waals surface area (Å²) in [5.74, 6) is 0.217. The third-order valence-corrected chi connectivity index (χ3v) is 1.53. The van der Waals surface area contributed by atoms with E-state index in [9.17, 15) is 12.9 Å². The summed E-state index contributed by atoms with van der Waals surface area (Å²) in [6.07, 6.45) is 3.95. The monoisotopic (exact) mass is 198 g/mol. The Bertz CT molecular complexity index is 357. The molecule has 0 saturated carbocycles. The molecule has 1 rings (SSSR count). The molecule has 1 heterocycles. The molecule has 0 fully saturated rings. The van der Waals surface area contributed by atoms with E-state index in [0.717, 1.165) is 11.6 Å². The highest BCUT2D eigenvalue weighted by molar-refractivity contribution is 6.64. The largest absolute Gasteiger partial charge is 0.502 e. The zero-order chi connectivity index (χ0) is 10.6. The summed E-state index contributed by atoms with van der Waals surface area (Å²) in [4.78, 5) is 3.77. The van der Waals surface area contributed by atoms with Gasteiger partial charge < -0.3 is 12.9 Å². The second-order valence-electron chi connectivity index (χ2n) is 2.70. The van der Waals surface area contributed by atoms with Crippen molar-refractivity contribution in [2.24, 2.45) is 0 Å². The van der Waals surface area contributed by atoms with E-state index in [2.05, 4.69) is 11.6 Å². The van der Waals surface area contributed by atoms with Gasteiger partial charge >= 0.3 is 6.98 Å². The van der Waals surface area contributed by atoms with Crippen LogP contribution >= 0.6 is 0 Å². The Kier molecular flexibility index (Phi) is 3.12. The zero-order valence-corrected chi connectivity index (χ0v) is 7.33. The minimum Gasteiger partial charge on any atom is -0.445 e. The summed E-state index contributed by atoms with van der Waals surface area (Å²) in [6, 6.07) is 3.20. The molecule has 0 aromatic carbocycles. The van der Waals surface area contributed by atoms with E-state index in [1.807, 2.05) is 0 Å². The van der Waals surface area contributed by atoms with Crippen molar-refractivity contribution in [1.29, 1.82) is 0 Å². The van der Waals surface area contributed by atoms with Gasteiger partial charge in [-0.3, -0.25) is 4.98 Å². The first-order valence-corrected chi connectivity index (χ1v) is 3.99. The van der Waals surface area contributed by atoms with Crippen LogP contribution in [-0.2, 0) is 0 Å². The molecule has 1 nitrogen and oxygen atoms in total. The molecular formula is C9H8BF3N-. The van der Waals surface area contributed by atoms with E-state index in [1.165, 1.54) is 12.3 Å². The maximum absolute atomic E-state index is 11.9. The minimum atomic E-state index is -4.89. The lowest BCUT2D eigenvalue weighted by molar-refractivity contribution is 0.499. The molecule has 0 unspecified atom stereocenters. The van der Waals surface area contributed by atoms with E-state index >= 15 is 0 Å². The Balaban J connectivity index is 2.87. The van der Waals surface area contributed by atoms with Gasteiger partial charge in [0.05, 0.1) is 5.69 Å². The fourth-order valence-corrected chi connectivity index (χ4v) is 0.891. The molecule has 0 aliphatic rings. The molecule has 74 valence electrons. The van der Waals surface area contributed by atoms with E-state index in [1.54, 1.807) is 12.1 Å². The number of nitrogens with zero attached hydrogens (tertiary/aromatic N) is 1. The first kappa shape index (κ1) is 10.6. The van der Waals surface area contributed by atoms with E-state index in [-0.39, 0.29) is 11.7 Å². The van der Waals surface area contributed by atoms with Crippen LogP contribution in [-0.4, -0.2) is 12.0 Å². The van der Waals surface area contributed by atoms with Crippen molar-refractivity contribution < 1.29 is 12.9 Å². The highest BCUT2D eigenvalue weighted by Gasteiger charge is 2.16. The molecule has 1 aromatic rings. The Morgan fingerprint density at radius 3 is 2.64 bits per heavy atom. The van der Waals surface area contributed by atoms with Crippen molar-refractivity contribution in [1.82, 2.24) is 4.98 Å². The van der Waals surface area contributed by atoms with Gasteiger partial charge in [0, 0.05) is 6.20 Å². The smallest absolute Gasteiger partial charge is 0.445 e. The molecule has 0 N–H and O–H groups in total. The average Bonchev–Trinajstić information content (AvgIpc) is 2.14. The summed E-state index contributed by atoms with van der Waals surface area (Å²) in [6.45, 7) is -1.38. The highest BCUT2D eigenvalue weighted by Crippen LogP contribution is 2.12. The van der Waals surface area contributed by atoms with Crippen LogP contribution < -0.4 is 0 Å². The van der Waals surface area contributed by atoms with Gasteiger partial charge in [0.15, 0.2) is 0 Å². The van der Waals surface area contributed by atoms with Crippen molar-refractivity contribution in [3.8, 4) is 0 Å². The van der Waals surface area contributed by atoms with E-state index in [4.69, 9.17) is 0 Å². The lowest BCUT2D eigenvalue weighted by atomic mass is 9.91. The van der Waals surface area contributed by atoms with Crippen LogP contribution in [0.3, 0.4) is 0 Å². The number of pyridine rings is 1. The second-order valence-corrected chi connectivity index (χ2v) is 2.70. The van der Waals surface area contributed by atoms with Crippen molar-refractivity contribution in [2.45, 2.75) is 0 Å². The third-order valence-electron chi connectivity index (χ3n) is 1.53. The molecule has 0 bridgehead atoms. The SMILES string of the molecule is C=Cc1ccnc(/C=C/[B-](F)(F)F)c1. The zero-order valence-electron chi connectivity index (χ0n) is 7.33. The predicted molar refractivity (Wildman–Crippen MR) is 52.4 cm³/mol. The quantitative estimate of drug-likeness (QED) is 0.679. The van der Waals surface area contributed by atoms with Crippen molar-refractivity contribution in [2.75, 3.05) is 0 Å². The molecule has 0 spiro atoms. The standard InChI is InChI=1S/C9H8BF3N/c1-2-8-4-6-14-9(7-8)3-5-10(11,12)13/h2-7H,1H2/q-1/b5-3+. The van der Waals surface area contributed by atoms with Gasteiger partial charge in [0.1, 0.15) is 0 Å².